The maximum absolute atomic E-state index is 12.3. The number of aromatic nitrogens is 4. The molecule has 1 aromatic carbocycles. The molecule has 0 bridgehead atoms. The van der Waals surface area contributed by atoms with Crippen LogP contribution in [0.3, 0.4) is 0 Å². The summed E-state index contributed by atoms with van der Waals surface area (Å²) in [5.74, 6) is 0.273. The highest BCUT2D eigenvalue weighted by molar-refractivity contribution is 7.99. The summed E-state index contributed by atoms with van der Waals surface area (Å²) >= 11 is 8.72. The zero-order valence-corrected chi connectivity index (χ0v) is 16.1. The number of aryl methyl sites for hydroxylation is 1. The summed E-state index contributed by atoms with van der Waals surface area (Å²) in [7, 11) is 1.78. The van der Waals surface area contributed by atoms with Crippen molar-refractivity contribution < 1.29 is 4.79 Å². The number of halogens is 1. The largest absolute Gasteiger partial charge is 0.340 e. The molecule has 3 aromatic rings. The number of nitrogens with zero attached hydrogens (tertiary/aromatic N) is 5. The minimum absolute atomic E-state index is 0.00739. The van der Waals surface area contributed by atoms with Crippen LogP contribution in [-0.2, 0) is 11.3 Å². The third-order valence-corrected chi connectivity index (χ3v) is 5.61. The fourth-order valence-electron chi connectivity index (χ4n) is 2.11. The Balaban J connectivity index is 1.61. The standard InChI is InChI=1S/C16H16ClN5OS2/c1-11-3-5-12(6-4-11)22-16(18-19-20-22)24-10-15(23)21(2)9-13-7-8-14(17)25-13/h3-8H,9-10H2,1-2H3. The monoisotopic (exact) mass is 393 g/mol. The van der Waals surface area contributed by atoms with Crippen molar-refractivity contribution in [2.45, 2.75) is 18.6 Å². The number of hydrogen-bond donors (Lipinski definition) is 0. The molecule has 2 aromatic heterocycles. The predicted octanol–water partition coefficient (Wildman–Crippen LogP) is 3.44. The fourth-order valence-corrected chi connectivity index (χ4v) is 4.08. The van der Waals surface area contributed by atoms with Crippen LogP contribution in [0.15, 0.2) is 41.6 Å². The van der Waals surface area contributed by atoms with Crippen LogP contribution in [0.5, 0.6) is 0 Å². The summed E-state index contributed by atoms with van der Waals surface area (Å²) in [6.45, 7) is 2.56. The molecular weight excluding hydrogens is 378 g/mol. The van der Waals surface area contributed by atoms with Gasteiger partial charge in [0.2, 0.25) is 11.1 Å². The van der Waals surface area contributed by atoms with Crippen LogP contribution in [0.4, 0.5) is 0 Å². The predicted molar refractivity (Wildman–Crippen MR) is 100 cm³/mol. The van der Waals surface area contributed by atoms with E-state index in [0.717, 1.165) is 20.5 Å². The van der Waals surface area contributed by atoms with Gasteiger partial charge in [0.15, 0.2) is 0 Å². The number of thiophene rings is 1. The van der Waals surface area contributed by atoms with Crippen molar-refractivity contribution in [2.24, 2.45) is 0 Å². The fraction of sp³-hybridized carbons (Fsp3) is 0.250. The van der Waals surface area contributed by atoms with Crippen molar-refractivity contribution in [1.82, 2.24) is 25.1 Å². The summed E-state index contributed by atoms with van der Waals surface area (Å²) in [5.41, 5.74) is 2.03. The van der Waals surface area contributed by atoms with Gasteiger partial charge in [0, 0.05) is 11.9 Å². The van der Waals surface area contributed by atoms with Crippen molar-refractivity contribution in [3.63, 3.8) is 0 Å². The second kappa shape index (κ2) is 7.99. The quantitative estimate of drug-likeness (QED) is 0.600. The lowest BCUT2D eigenvalue weighted by atomic mass is 10.2. The van der Waals surface area contributed by atoms with E-state index in [2.05, 4.69) is 15.5 Å². The lowest BCUT2D eigenvalue weighted by molar-refractivity contribution is -0.127. The number of benzene rings is 1. The molecule has 2 heterocycles. The van der Waals surface area contributed by atoms with Gasteiger partial charge < -0.3 is 4.90 Å². The molecule has 3 rings (SSSR count). The Kier molecular flexibility index (Phi) is 5.72. The van der Waals surface area contributed by atoms with Crippen LogP contribution in [0, 0.1) is 6.92 Å². The summed E-state index contributed by atoms with van der Waals surface area (Å²) in [4.78, 5) is 15.1. The lowest BCUT2D eigenvalue weighted by Gasteiger charge is -2.15. The van der Waals surface area contributed by atoms with Crippen molar-refractivity contribution >= 4 is 40.6 Å². The zero-order chi connectivity index (χ0) is 17.8. The van der Waals surface area contributed by atoms with E-state index in [1.165, 1.54) is 23.1 Å². The Morgan fingerprint density at radius 2 is 2.04 bits per heavy atom. The summed E-state index contributed by atoms with van der Waals surface area (Å²) in [6, 6.07) is 11.7. The van der Waals surface area contributed by atoms with E-state index in [1.807, 2.05) is 43.3 Å². The second-order valence-corrected chi connectivity index (χ2v) is 8.20. The summed E-state index contributed by atoms with van der Waals surface area (Å²) in [5, 5.41) is 12.3. The van der Waals surface area contributed by atoms with E-state index in [1.54, 1.807) is 16.6 Å². The molecule has 0 atom stereocenters. The molecule has 0 spiro atoms. The van der Waals surface area contributed by atoms with Gasteiger partial charge in [0.25, 0.3) is 0 Å². The van der Waals surface area contributed by atoms with Crippen molar-refractivity contribution in [3.05, 3.63) is 51.2 Å². The molecule has 1 amide bonds. The molecule has 0 aliphatic carbocycles. The van der Waals surface area contributed by atoms with E-state index < -0.39 is 0 Å². The molecule has 0 fully saturated rings. The van der Waals surface area contributed by atoms with Crippen LogP contribution in [0.25, 0.3) is 5.69 Å². The van der Waals surface area contributed by atoms with Crippen LogP contribution in [0.1, 0.15) is 10.4 Å². The van der Waals surface area contributed by atoms with Gasteiger partial charge in [-0.05, 0) is 41.6 Å². The first-order valence-electron chi connectivity index (χ1n) is 7.49. The number of hydrogen-bond acceptors (Lipinski definition) is 6. The average molecular weight is 394 g/mol. The lowest BCUT2D eigenvalue weighted by Crippen LogP contribution is -2.27. The smallest absolute Gasteiger partial charge is 0.233 e. The van der Waals surface area contributed by atoms with E-state index in [4.69, 9.17) is 11.6 Å². The number of carbonyl (C=O) groups excluding carboxylic acids is 1. The Hall–Kier alpha value is -1.90. The van der Waals surface area contributed by atoms with Gasteiger partial charge in [0.1, 0.15) is 0 Å². The molecule has 0 unspecified atom stereocenters. The zero-order valence-electron chi connectivity index (χ0n) is 13.7. The van der Waals surface area contributed by atoms with Crippen LogP contribution >= 0.6 is 34.7 Å². The number of carbonyl (C=O) groups is 1. The van der Waals surface area contributed by atoms with Gasteiger partial charge in [0.05, 0.1) is 22.3 Å². The Labute approximate surface area is 158 Å². The number of amides is 1. The molecule has 6 nitrogen and oxygen atoms in total. The van der Waals surface area contributed by atoms with Crippen molar-refractivity contribution in [2.75, 3.05) is 12.8 Å². The SMILES string of the molecule is Cc1ccc(-n2nnnc2SCC(=O)N(C)Cc2ccc(Cl)s2)cc1. The van der Waals surface area contributed by atoms with E-state index >= 15 is 0 Å². The first-order chi connectivity index (χ1) is 12.0. The maximum atomic E-state index is 12.3. The normalized spacial score (nSPS) is 10.8. The highest BCUT2D eigenvalue weighted by atomic mass is 35.5. The minimum Gasteiger partial charge on any atom is -0.340 e. The third kappa shape index (κ3) is 4.59. The van der Waals surface area contributed by atoms with Gasteiger partial charge in [-0.2, -0.15) is 4.68 Å². The Morgan fingerprint density at radius 1 is 1.28 bits per heavy atom. The molecule has 0 N–H and O–H groups in total. The van der Waals surface area contributed by atoms with Crippen LogP contribution in [-0.4, -0.2) is 43.8 Å². The van der Waals surface area contributed by atoms with E-state index in [0.29, 0.717) is 11.7 Å². The molecular formula is C16H16ClN5OS2. The third-order valence-electron chi connectivity index (χ3n) is 3.49. The molecule has 9 heteroatoms. The topological polar surface area (TPSA) is 63.9 Å². The van der Waals surface area contributed by atoms with Crippen molar-refractivity contribution in [1.29, 1.82) is 0 Å². The highest BCUT2D eigenvalue weighted by Crippen LogP contribution is 2.23. The first kappa shape index (κ1) is 17.9. The number of thioether (sulfide) groups is 1. The van der Waals surface area contributed by atoms with E-state index in [-0.39, 0.29) is 11.7 Å². The molecule has 0 aliphatic heterocycles. The van der Waals surface area contributed by atoms with Gasteiger partial charge in [-0.15, -0.1) is 16.4 Å². The molecule has 0 radical (unpaired) electrons. The van der Waals surface area contributed by atoms with E-state index in [9.17, 15) is 4.79 Å². The van der Waals surface area contributed by atoms with Gasteiger partial charge >= 0.3 is 0 Å². The minimum atomic E-state index is 0.00739. The second-order valence-electron chi connectivity index (χ2n) is 5.45. The van der Waals surface area contributed by atoms with Crippen LogP contribution < -0.4 is 0 Å². The maximum Gasteiger partial charge on any atom is 0.233 e. The molecule has 130 valence electrons. The van der Waals surface area contributed by atoms with Gasteiger partial charge in [-0.3, -0.25) is 4.79 Å². The van der Waals surface area contributed by atoms with Crippen molar-refractivity contribution in [3.8, 4) is 5.69 Å². The van der Waals surface area contributed by atoms with Crippen LogP contribution in [0.2, 0.25) is 4.34 Å². The highest BCUT2D eigenvalue weighted by Gasteiger charge is 2.15. The first-order valence-corrected chi connectivity index (χ1v) is 9.67. The Morgan fingerprint density at radius 3 is 2.72 bits per heavy atom. The number of tetrazole rings is 1. The summed E-state index contributed by atoms with van der Waals surface area (Å²) in [6.07, 6.45) is 0. The van der Waals surface area contributed by atoms with Gasteiger partial charge in [-0.25, -0.2) is 0 Å². The molecule has 0 saturated heterocycles. The molecule has 0 saturated carbocycles. The average Bonchev–Trinajstić information content (AvgIpc) is 3.22. The molecule has 0 aliphatic rings. The van der Waals surface area contributed by atoms with Gasteiger partial charge in [-0.1, -0.05) is 41.1 Å². The Bertz CT molecular complexity index is 862. The molecule has 25 heavy (non-hydrogen) atoms. The summed E-state index contributed by atoms with van der Waals surface area (Å²) < 4.78 is 2.36. The number of rotatable bonds is 6.